The average Bonchev–Trinajstić information content (AvgIpc) is 3.28. The minimum Gasteiger partial charge on any atom is -0.465 e. The van der Waals surface area contributed by atoms with Gasteiger partial charge < -0.3 is 14.9 Å². The van der Waals surface area contributed by atoms with Crippen molar-refractivity contribution >= 4 is 17.4 Å². The predicted octanol–water partition coefficient (Wildman–Crippen LogP) is 3.51. The molecule has 4 heterocycles. The van der Waals surface area contributed by atoms with E-state index >= 15 is 0 Å². The normalized spacial score (nSPS) is 17.7. The van der Waals surface area contributed by atoms with Crippen molar-refractivity contribution in [2.24, 2.45) is 13.0 Å². The van der Waals surface area contributed by atoms with Crippen molar-refractivity contribution in [2.75, 3.05) is 24.5 Å². The highest BCUT2D eigenvalue weighted by atomic mass is 16.4. The Morgan fingerprint density at radius 2 is 2.03 bits per heavy atom. The molecule has 1 aliphatic rings. The molecular weight excluding hydrogens is 394 g/mol. The van der Waals surface area contributed by atoms with Gasteiger partial charge in [0, 0.05) is 44.0 Å². The van der Waals surface area contributed by atoms with Crippen LogP contribution in [0.3, 0.4) is 0 Å². The number of hydrogen-bond acceptors (Lipinski definition) is 5. The first-order valence-corrected chi connectivity index (χ1v) is 10.8. The van der Waals surface area contributed by atoms with Gasteiger partial charge in [-0.25, -0.2) is 14.3 Å². The van der Waals surface area contributed by atoms with Crippen molar-refractivity contribution in [3.05, 3.63) is 30.9 Å². The summed E-state index contributed by atoms with van der Waals surface area (Å²) in [5.41, 5.74) is 2.37. The predicted molar refractivity (Wildman–Crippen MR) is 119 cm³/mol. The summed E-state index contributed by atoms with van der Waals surface area (Å²) in [6.07, 6.45) is 9.58. The third kappa shape index (κ3) is 4.50. The molecule has 0 radical (unpaired) electrons. The second-order valence-corrected chi connectivity index (χ2v) is 9.36. The van der Waals surface area contributed by atoms with E-state index in [1.165, 1.54) is 0 Å². The van der Waals surface area contributed by atoms with Crippen molar-refractivity contribution in [3.8, 4) is 11.3 Å². The number of aromatic nitrogens is 5. The minimum absolute atomic E-state index is 0.336. The molecule has 0 bridgehead atoms. The third-order valence-electron chi connectivity index (χ3n) is 6.00. The molecule has 1 saturated heterocycles. The zero-order valence-corrected chi connectivity index (χ0v) is 18.7. The van der Waals surface area contributed by atoms with E-state index in [1.807, 2.05) is 57.0 Å². The van der Waals surface area contributed by atoms with Gasteiger partial charge in [0.25, 0.3) is 0 Å². The van der Waals surface area contributed by atoms with Crippen molar-refractivity contribution in [3.63, 3.8) is 0 Å². The van der Waals surface area contributed by atoms with Gasteiger partial charge in [0.05, 0.1) is 24.3 Å². The lowest BCUT2D eigenvalue weighted by Gasteiger charge is -2.35. The molecular formula is C22H31N7O2. The molecule has 1 amide bonds. The van der Waals surface area contributed by atoms with E-state index in [0.29, 0.717) is 12.5 Å². The number of nitrogens with zero attached hydrogens (tertiary/aromatic N) is 7. The lowest BCUT2D eigenvalue weighted by Crippen LogP contribution is -2.47. The van der Waals surface area contributed by atoms with Gasteiger partial charge in [0.15, 0.2) is 5.82 Å². The SMILES string of the molecule is Cn1cc(-c2cn3nccc3c(N3CCCC(CN(C(=O)O)C(C)(C)C)CC3)n2)cn1. The smallest absolute Gasteiger partial charge is 0.407 e. The molecule has 1 unspecified atom stereocenters. The van der Waals surface area contributed by atoms with Crippen LogP contribution in [0.1, 0.15) is 40.0 Å². The third-order valence-corrected chi connectivity index (χ3v) is 6.00. The van der Waals surface area contributed by atoms with Crippen LogP contribution in [-0.4, -0.2) is 65.7 Å². The highest BCUT2D eigenvalue weighted by Gasteiger charge is 2.30. The lowest BCUT2D eigenvalue weighted by molar-refractivity contribution is 0.0870. The zero-order chi connectivity index (χ0) is 22.2. The summed E-state index contributed by atoms with van der Waals surface area (Å²) < 4.78 is 3.64. The van der Waals surface area contributed by atoms with Crippen LogP contribution >= 0.6 is 0 Å². The van der Waals surface area contributed by atoms with E-state index in [1.54, 1.807) is 15.8 Å². The van der Waals surface area contributed by atoms with Crippen molar-refractivity contribution < 1.29 is 9.90 Å². The number of hydrogen-bond donors (Lipinski definition) is 1. The molecule has 4 rings (SSSR count). The first-order valence-electron chi connectivity index (χ1n) is 10.8. The molecule has 0 saturated carbocycles. The van der Waals surface area contributed by atoms with Crippen molar-refractivity contribution in [1.82, 2.24) is 29.3 Å². The van der Waals surface area contributed by atoms with Gasteiger partial charge in [0.2, 0.25) is 0 Å². The number of fused-ring (bicyclic) bond motifs is 1. The highest BCUT2D eigenvalue weighted by molar-refractivity contribution is 5.72. The van der Waals surface area contributed by atoms with Crippen LogP contribution in [0.25, 0.3) is 16.8 Å². The Labute approximate surface area is 182 Å². The van der Waals surface area contributed by atoms with E-state index in [4.69, 9.17) is 4.98 Å². The molecule has 166 valence electrons. The van der Waals surface area contributed by atoms with Crippen molar-refractivity contribution in [2.45, 2.75) is 45.6 Å². The molecule has 9 nitrogen and oxygen atoms in total. The van der Waals surface area contributed by atoms with E-state index in [-0.39, 0.29) is 0 Å². The molecule has 0 aromatic carbocycles. The van der Waals surface area contributed by atoms with Crippen LogP contribution in [0.5, 0.6) is 0 Å². The molecule has 1 fully saturated rings. The largest absolute Gasteiger partial charge is 0.465 e. The summed E-state index contributed by atoms with van der Waals surface area (Å²) >= 11 is 0. The Hall–Kier alpha value is -3.10. The Morgan fingerprint density at radius 1 is 1.23 bits per heavy atom. The number of anilines is 1. The van der Waals surface area contributed by atoms with Gasteiger partial charge in [-0.1, -0.05) is 0 Å². The van der Waals surface area contributed by atoms with Gasteiger partial charge in [-0.3, -0.25) is 4.68 Å². The van der Waals surface area contributed by atoms with Gasteiger partial charge in [-0.15, -0.1) is 0 Å². The van der Waals surface area contributed by atoms with Crippen LogP contribution in [0.15, 0.2) is 30.9 Å². The molecule has 31 heavy (non-hydrogen) atoms. The van der Waals surface area contributed by atoms with Gasteiger partial charge in [-0.05, 0) is 52.0 Å². The molecule has 0 aliphatic carbocycles. The molecule has 9 heteroatoms. The van der Waals surface area contributed by atoms with Gasteiger partial charge >= 0.3 is 6.09 Å². The van der Waals surface area contributed by atoms with Crippen LogP contribution < -0.4 is 4.90 Å². The molecule has 1 aliphatic heterocycles. The standard InChI is InChI=1S/C22H31N7O2/c1-22(2,3)28(21(30)31)13-16-6-5-10-27(11-8-16)20-19-7-9-23-29(19)15-18(25-20)17-12-24-26(4)14-17/h7,9,12,14-16H,5-6,8,10-11,13H2,1-4H3,(H,30,31). The van der Waals surface area contributed by atoms with Gasteiger partial charge in [0.1, 0.15) is 5.52 Å². The van der Waals surface area contributed by atoms with Crippen LogP contribution in [0.2, 0.25) is 0 Å². The van der Waals surface area contributed by atoms with E-state index in [2.05, 4.69) is 15.1 Å². The summed E-state index contributed by atoms with van der Waals surface area (Å²) in [4.78, 5) is 20.6. The van der Waals surface area contributed by atoms with Crippen molar-refractivity contribution in [1.29, 1.82) is 0 Å². The first kappa shape index (κ1) is 21.1. The fourth-order valence-electron chi connectivity index (χ4n) is 4.29. The Morgan fingerprint density at radius 3 is 2.71 bits per heavy atom. The molecule has 1 atom stereocenters. The summed E-state index contributed by atoms with van der Waals surface area (Å²) in [5, 5.41) is 18.4. The Balaban J connectivity index is 1.57. The lowest BCUT2D eigenvalue weighted by atomic mass is 9.97. The number of carbonyl (C=O) groups is 1. The van der Waals surface area contributed by atoms with Crippen LogP contribution in [0.4, 0.5) is 10.6 Å². The molecule has 3 aromatic rings. The maximum absolute atomic E-state index is 11.8. The van der Waals surface area contributed by atoms with Gasteiger partial charge in [-0.2, -0.15) is 10.2 Å². The summed E-state index contributed by atoms with van der Waals surface area (Å²) in [6, 6.07) is 1.99. The fourth-order valence-corrected chi connectivity index (χ4v) is 4.29. The minimum atomic E-state index is -0.847. The second-order valence-electron chi connectivity index (χ2n) is 9.36. The monoisotopic (exact) mass is 425 g/mol. The summed E-state index contributed by atoms with van der Waals surface area (Å²) in [5.74, 6) is 1.26. The van der Waals surface area contributed by atoms with E-state index in [9.17, 15) is 9.90 Å². The number of aryl methyl sites for hydroxylation is 1. The zero-order valence-electron chi connectivity index (χ0n) is 18.7. The van der Waals surface area contributed by atoms with Crippen LogP contribution in [-0.2, 0) is 7.05 Å². The summed E-state index contributed by atoms with van der Waals surface area (Å²) in [6.45, 7) is 8.16. The molecule has 0 spiro atoms. The van der Waals surface area contributed by atoms with E-state index < -0.39 is 11.6 Å². The first-order chi connectivity index (χ1) is 14.7. The fraction of sp³-hybridized carbons (Fsp3) is 0.545. The number of amides is 1. The topological polar surface area (TPSA) is 91.8 Å². The number of rotatable bonds is 4. The quantitative estimate of drug-likeness (QED) is 0.688. The average molecular weight is 426 g/mol. The maximum atomic E-state index is 11.8. The summed E-state index contributed by atoms with van der Waals surface area (Å²) in [7, 11) is 1.89. The Bertz CT molecular complexity index is 1070. The number of carboxylic acid groups (broad SMARTS) is 1. The molecule has 1 N–H and O–H groups in total. The van der Waals surface area contributed by atoms with Crippen LogP contribution in [0, 0.1) is 5.92 Å². The Kier molecular flexibility index (Phi) is 5.60. The second kappa shape index (κ2) is 8.20. The maximum Gasteiger partial charge on any atom is 0.407 e. The van der Waals surface area contributed by atoms with E-state index in [0.717, 1.165) is 54.9 Å². The highest BCUT2D eigenvalue weighted by Crippen LogP contribution is 2.29. The molecule has 3 aromatic heterocycles.